The molecule has 4 saturated heterocycles. The zero-order valence-electron chi connectivity index (χ0n) is 68.6. The van der Waals surface area contributed by atoms with Gasteiger partial charge in [0.15, 0.2) is 34.9 Å². The molecule has 2 N–H and O–H groups in total. The van der Waals surface area contributed by atoms with Crippen LogP contribution in [0.15, 0.2) is 172 Å². The predicted molar refractivity (Wildman–Crippen MR) is 445 cm³/mol. The normalized spacial score (nSPS) is 22.2. The number of piperidine rings is 4. The molecular weight excluding hydrogens is 1550 g/mol. The maximum Gasteiger partial charge on any atom is 0.256 e. The first-order valence-corrected chi connectivity index (χ1v) is 41.0. The van der Waals surface area contributed by atoms with Gasteiger partial charge in [0.2, 0.25) is 11.8 Å². The summed E-state index contributed by atoms with van der Waals surface area (Å²) in [7, 11) is 0. The van der Waals surface area contributed by atoms with Gasteiger partial charge in [-0.25, -0.2) is 73.6 Å². The lowest BCUT2D eigenvalue weighted by Gasteiger charge is -2.34. The standard InChI is InChI=1S/2C23H23N5O2.2C22H22FN7O/c1-14-4-5-20(27-12-14)30-19-11-16-10-18(19)28(13-16)23(29)21-15(2)24-9-6-17(21)22-25-7-3-8-26-22;1-14-4-5-21(27-11-14)30-20-10-16-9-19(20)28(13-16)23(29)18-12-26-15(2)8-17(18)22-24-6-3-7-25-22;1-12-3-16(20(26-6-12)21-27-8-15(23)9-28-21)22(31)30-11-14-4-17(18(30)5-14)29-19-10-24-13(2)7-25-19;1-12-3-4-16(20(28-12)21-26-8-15(23)9-27-21)22(31)30-11-14-5-17(18(30)6-14)29-19-10-24-13(2)7-25-19/h3-9,12,16,18-19H,10-11,13H2,1-2H3;3-8,11-12,16,19-20H,9-10,13H2,1-2H3;3,6-10,14,17-18H,4-5,11H2,1-2H3,(H,25,29);3-4,7-10,14,17-18H,5-6,11H2,1-2H3,(H,25,29). The molecule has 4 amide bonds. The smallest absolute Gasteiger partial charge is 0.256 e. The first-order valence-electron chi connectivity index (χ1n) is 41.0. The Bertz CT molecular complexity index is 5770. The van der Waals surface area contributed by atoms with E-state index in [4.69, 9.17) is 9.47 Å². The number of nitrogens with one attached hydrogen (secondary N) is 2. The van der Waals surface area contributed by atoms with Gasteiger partial charge in [-0.05, 0) is 190 Å². The van der Waals surface area contributed by atoms with Crippen LogP contribution in [0.3, 0.4) is 0 Å². The maximum absolute atomic E-state index is 13.7. The van der Waals surface area contributed by atoms with E-state index in [9.17, 15) is 28.0 Å². The topological polar surface area (TPSA) is 356 Å². The van der Waals surface area contributed by atoms with Crippen LogP contribution in [-0.4, -0.2) is 208 Å². The van der Waals surface area contributed by atoms with Gasteiger partial charge in [0, 0.05) is 129 Å². The van der Waals surface area contributed by atoms with Gasteiger partial charge in [0.1, 0.15) is 35.2 Å². The number of halogens is 2. The van der Waals surface area contributed by atoms with Crippen LogP contribution in [0.1, 0.15) is 138 Å². The second-order valence-electron chi connectivity index (χ2n) is 32.7. The minimum absolute atomic E-state index is 0.0271. The number of anilines is 2. The van der Waals surface area contributed by atoms with Gasteiger partial charge in [-0.1, -0.05) is 12.1 Å². The van der Waals surface area contributed by atoms with E-state index >= 15 is 0 Å². The van der Waals surface area contributed by atoms with Crippen LogP contribution in [0.2, 0.25) is 0 Å². The fourth-order valence-corrected chi connectivity index (χ4v) is 18.3. The lowest BCUT2D eigenvalue weighted by Crippen LogP contribution is -2.48. The number of pyridine rings is 6. The van der Waals surface area contributed by atoms with Crippen molar-refractivity contribution in [3.8, 4) is 57.6 Å². The highest BCUT2D eigenvalue weighted by Crippen LogP contribution is 2.46. The second kappa shape index (κ2) is 34.9. The van der Waals surface area contributed by atoms with Gasteiger partial charge in [0.05, 0.1) is 113 Å². The van der Waals surface area contributed by atoms with Gasteiger partial charge in [0.25, 0.3) is 23.6 Å². The number of ether oxygens (including phenoxy) is 2. The average molecular weight is 1640 g/mol. The molecule has 8 fully saturated rings. The number of hydrogen-bond acceptors (Lipinski definition) is 26. The number of aromatic nitrogens is 18. The highest BCUT2D eigenvalue weighted by molar-refractivity contribution is 6.03. The summed E-state index contributed by atoms with van der Waals surface area (Å²) in [5, 5.41) is 6.90. The van der Waals surface area contributed by atoms with Gasteiger partial charge >= 0.3 is 0 Å². The second-order valence-corrected chi connectivity index (χ2v) is 32.7. The zero-order valence-corrected chi connectivity index (χ0v) is 68.6. The summed E-state index contributed by atoms with van der Waals surface area (Å²) in [6, 6.07) is 20.8. The van der Waals surface area contributed by atoms with Crippen LogP contribution < -0.4 is 20.1 Å². The molecule has 8 aliphatic rings. The Kier molecular flexibility index (Phi) is 23.1. The quantitative estimate of drug-likeness (QED) is 0.0907. The van der Waals surface area contributed by atoms with Crippen molar-refractivity contribution >= 4 is 35.3 Å². The minimum Gasteiger partial charge on any atom is -0.472 e. The molecule has 30 nitrogen and oxygen atoms in total. The van der Waals surface area contributed by atoms with E-state index in [-0.39, 0.29) is 83.7 Å². The SMILES string of the molecule is Cc1ccc(OC2CC3CC2N(C(=O)c2c(-c4ncccn4)ccnc2C)C3)nc1.Cc1ccc(OC2CC3CC2N(C(=O)c2cnc(C)cc2-c2ncccn2)C3)nc1.Cc1cnc(-c2ncc(F)cn2)c(C(=O)N2CC3CC(Nc4cnc(C)cn4)C2C3)c1.Cc1cnc(NC2CC3CC2N(C(=O)c2ccc(C)nc2-c2ncc(F)cn2)C3)cn1. The lowest BCUT2D eigenvalue weighted by atomic mass is 10.0. The molecule has 20 rings (SSSR count). The molecule has 122 heavy (non-hydrogen) atoms. The molecule has 12 aromatic heterocycles. The molecular formula is C90H90F2N24O6. The number of fused-ring (bicyclic) bond motifs is 8. The first-order chi connectivity index (χ1) is 59.1. The average Bonchev–Trinajstić information content (AvgIpc) is 1.45. The Labute approximate surface area is 702 Å². The molecule has 4 aliphatic carbocycles. The van der Waals surface area contributed by atoms with Crippen molar-refractivity contribution in [2.24, 2.45) is 23.7 Å². The lowest BCUT2D eigenvalue weighted by molar-refractivity contribution is 0.0463. The molecule has 4 aliphatic heterocycles. The van der Waals surface area contributed by atoms with E-state index in [2.05, 4.69) is 100 Å². The van der Waals surface area contributed by atoms with Gasteiger partial charge in [-0.2, -0.15) is 0 Å². The molecule has 12 atom stereocenters. The van der Waals surface area contributed by atoms with E-state index in [0.717, 1.165) is 129 Å². The number of nitrogens with zero attached hydrogens (tertiary/aromatic N) is 22. The molecule has 0 radical (unpaired) electrons. The van der Waals surface area contributed by atoms with Gasteiger partial charge in [-0.15, -0.1) is 0 Å². The van der Waals surface area contributed by atoms with Crippen LogP contribution in [0.25, 0.3) is 45.8 Å². The van der Waals surface area contributed by atoms with Crippen molar-refractivity contribution in [1.82, 2.24) is 109 Å². The summed E-state index contributed by atoms with van der Waals surface area (Å²) in [5.41, 5.74) is 11.2. The van der Waals surface area contributed by atoms with E-state index in [1.165, 1.54) is 0 Å². The molecule has 0 aromatic carbocycles. The molecule has 12 aromatic rings. The third-order valence-electron chi connectivity index (χ3n) is 23.8. The number of amides is 4. The summed E-state index contributed by atoms with van der Waals surface area (Å²) in [6.45, 7) is 18.2. The highest BCUT2D eigenvalue weighted by atomic mass is 19.1. The Morgan fingerprint density at radius 3 is 1.30 bits per heavy atom. The number of carbonyl (C=O) groups is 4. The fraction of sp³-hybridized carbons (Fsp3) is 0.356. The molecule has 32 heteroatoms. The van der Waals surface area contributed by atoms with Crippen molar-refractivity contribution in [1.29, 1.82) is 0 Å². The van der Waals surface area contributed by atoms with E-state index in [1.54, 1.807) is 111 Å². The monoisotopic (exact) mass is 1640 g/mol. The van der Waals surface area contributed by atoms with Gasteiger partial charge in [-0.3, -0.25) is 44.1 Å². The molecule has 4 saturated carbocycles. The number of carbonyl (C=O) groups excluding carboxylic acids is 4. The Balaban J connectivity index is 0.000000116. The van der Waals surface area contributed by atoms with Crippen molar-refractivity contribution in [3.63, 3.8) is 0 Å². The first kappa shape index (κ1) is 80.7. The molecule has 0 spiro atoms. The number of aryl methyl sites for hydroxylation is 8. The van der Waals surface area contributed by atoms with Crippen molar-refractivity contribution in [2.45, 2.75) is 155 Å². The van der Waals surface area contributed by atoms with Crippen LogP contribution in [0.4, 0.5) is 20.4 Å². The third-order valence-corrected chi connectivity index (χ3v) is 23.8. The van der Waals surface area contributed by atoms with E-state index < -0.39 is 11.6 Å². The van der Waals surface area contributed by atoms with Crippen LogP contribution >= 0.6 is 0 Å². The van der Waals surface area contributed by atoms with Crippen molar-refractivity contribution in [2.75, 3.05) is 36.8 Å². The van der Waals surface area contributed by atoms with E-state index in [0.29, 0.717) is 122 Å². The Hall–Kier alpha value is -13.7. The molecule has 16 heterocycles. The van der Waals surface area contributed by atoms with Crippen molar-refractivity contribution in [3.05, 3.63) is 251 Å². The number of likely N-dealkylation sites (tertiary alicyclic amines) is 4. The van der Waals surface area contributed by atoms with Crippen LogP contribution in [-0.2, 0) is 0 Å². The number of hydrogen-bond donors (Lipinski definition) is 2. The summed E-state index contributed by atoms with van der Waals surface area (Å²) in [6.07, 6.45) is 34.2. The largest absolute Gasteiger partial charge is 0.472 e. The van der Waals surface area contributed by atoms with Crippen LogP contribution in [0.5, 0.6) is 11.8 Å². The molecule has 12 unspecified atom stereocenters. The summed E-state index contributed by atoms with van der Waals surface area (Å²) in [5.74, 6) is 4.63. The summed E-state index contributed by atoms with van der Waals surface area (Å²) < 4.78 is 38.9. The summed E-state index contributed by atoms with van der Waals surface area (Å²) >= 11 is 0. The predicted octanol–water partition coefficient (Wildman–Crippen LogP) is 12.1. The highest BCUT2D eigenvalue weighted by Gasteiger charge is 2.52. The Morgan fingerprint density at radius 2 is 0.811 bits per heavy atom. The fourth-order valence-electron chi connectivity index (χ4n) is 18.3. The van der Waals surface area contributed by atoms with Crippen LogP contribution in [0, 0.1) is 90.7 Å². The van der Waals surface area contributed by atoms with E-state index in [1.807, 2.05) is 111 Å². The van der Waals surface area contributed by atoms with Gasteiger partial charge < -0.3 is 39.7 Å². The number of rotatable bonds is 16. The Morgan fingerprint density at radius 1 is 0.352 bits per heavy atom. The maximum atomic E-state index is 13.7. The summed E-state index contributed by atoms with van der Waals surface area (Å²) in [4.78, 5) is 139. The zero-order chi connectivity index (χ0) is 84.4. The third kappa shape index (κ3) is 17.5. The molecule has 8 bridgehead atoms. The minimum atomic E-state index is -0.534. The molecule has 620 valence electrons. The van der Waals surface area contributed by atoms with Crippen molar-refractivity contribution < 1.29 is 37.4 Å².